The molecule has 262 valence electrons. The Hall–Kier alpha value is -1.03. The summed E-state index contributed by atoms with van der Waals surface area (Å²) in [5.74, 6) is -0.295. The fraction of sp³-hybridized carbons (Fsp3) is 0.919. The van der Waals surface area contributed by atoms with Gasteiger partial charge < -0.3 is 34.6 Å². The maximum absolute atomic E-state index is 11.7. The van der Waals surface area contributed by atoms with Crippen molar-refractivity contribution in [1.29, 1.82) is 0 Å². The number of esters is 1. The molecule has 3 aliphatic rings. The van der Waals surface area contributed by atoms with Crippen molar-refractivity contribution in [2.24, 2.45) is 0 Å². The molecule has 2 fully saturated rings. The maximum atomic E-state index is 11.7. The van der Waals surface area contributed by atoms with Gasteiger partial charge in [-0.3, -0.25) is 0 Å². The number of hydrogen-bond acceptors (Lipinski definition) is 8. The molecule has 0 unspecified atom stereocenters. The largest absolute Gasteiger partial charge is 0.455 e. The number of unbranched alkanes of at least 4 members (excludes halogenated alkanes) is 11. The fourth-order valence-electron chi connectivity index (χ4n) is 7.29. The van der Waals surface area contributed by atoms with Gasteiger partial charge in [0.1, 0.15) is 6.10 Å². The lowest BCUT2D eigenvalue weighted by Crippen LogP contribution is -2.33. The molecule has 0 aromatic carbocycles. The van der Waals surface area contributed by atoms with Crippen molar-refractivity contribution in [2.75, 3.05) is 0 Å². The Labute approximate surface area is 273 Å². The number of aliphatic hydroxyl groups excluding tert-OH is 4. The van der Waals surface area contributed by atoms with Crippen molar-refractivity contribution in [3.05, 3.63) is 11.6 Å². The predicted octanol–water partition coefficient (Wildman–Crippen LogP) is 6.83. The van der Waals surface area contributed by atoms with E-state index in [1.165, 1.54) is 38.5 Å². The molecule has 3 heterocycles. The smallest absolute Gasteiger partial charge is 0.334 e. The number of rotatable bonds is 25. The summed E-state index contributed by atoms with van der Waals surface area (Å²) in [7, 11) is 0. The lowest BCUT2D eigenvalue weighted by molar-refractivity contribution is -0.139. The van der Waals surface area contributed by atoms with Gasteiger partial charge in [-0.2, -0.15) is 0 Å². The molecule has 0 amide bonds. The summed E-state index contributed by atoms with van der Waals surface area (Å²) >= 11 is 0. The van der Waals surface area contributed by atoms with Gasteiger partial charge in [0.2, 0.25) is 0 Å². The Morgan fingerprint density at radius 2 is 1.18 bits per heavy atom. The summed E-state index contributed by atoms with van der Waals surface area (Å²) in [6, 6.07) is 0. The van der Waals surface area contributed by atoms with Crippen molar-refractivity contribution in [3.63, 3.8) is 0 Å². The normalized spacial score (nSPS) is 27.8. The first-order valence-corrected chi connectivity index (χ1v) is 18.7. The zero-order valence-corrected chi connectivity index (χ0v) is 28.5. The first-order chi connectivity index (χ1) is 21.8. The average molecular weight is 639 g/mol. The van der Waals surface area contributed by atoms with Crippen LogP contribution in [0.2, 0.25) is 0 Å². The lowest BCUT2D eigenvalue weighted by Gasteiger charge is -2.24. The van der Waals surface area contributed by atoms with E-state index in [9.17, 15) is 25.2 Å². The van der Waals surface area contributed by atoms with Crippen molar-refractivity contribution in [3.8, 4) is 0 Å². The van der Waals surface area contributed by atoms with E-state index in [1.54, 1.807) is 6.08 Å². The summed E-state index contributed by atoms with van der Waals surface area (Å²) < 4.78 is 17.3. The molecule has 0 aromatic rings. The van der Waals surface area contributed by atoms with Crippen molar-refractivity contribution >= 4 is 5.97 Å². The quantitative estimate of drug-likeness (QED) is 0.0634. The van der Waals surface area contributed by atoms with Gasteiger partial charge in [0, 0.05) is 12.0 Å². The molecule has 3 aliphatic heterocycles. The van der Waals surface area contributed by atoms with Crippen LogP contribution in [-0.2, 0) is 19.0 Å². The molecule has 8 heteroatoms. The van der Waals surface area contributed by atoms with E-state index >= 15 is 0 Å². The molecule has 0 bridgehead atoms. The maximum Gasteiger partial charge on any atom is 0.334 e. The van der Waals surface area contributed by atoms with Gasteiger partial charge in [0.05, 0.1) is 48.8 Å². The number of cyclic esters (lactones) is 1. The third-order valence-electron chi connectivity index (χ3n) is 10.1. The summed E-state index contributed by atoms with van der Waals surface area (Å²) in [6.45, 7) is 4.07. The van der Waals surface area contributed by atoms with Gasteiger partial charge in [0.15, 0.2) is 0 Å². The molecule has 9 atom stereocenters. The molecule has 3 rings (SSSR count). The molecular weight excluding hydrogens is 572 g/mol. The van der Waals surface area contributed by atoms with Crippen LogP contribution < -0.4 is 0 Å². The third-order valence-corrected chi connectivity index (χ3v) is 10.1. The Morgan fingerprint density at radius 3 is 1.78 bits per heavy atom. The van der Waals surface area contributed by atoms with E-state index in [0.717, 1.165) is 83.5 Å². The van der Waals surface area contributed by atoms with Crippen LogP contribution in [0.4, 0.5) is 0 Å². The minimum atomic E-state index is -0.627. The van der Waals surface area contributed by atoms with Crippen molar-refractivity contribution in [1.82, 2.24) is 0 Å². The van der Waals surface area contributed by atoms with Gasteiger partial charge in [-0.15, -0.1) is 0 Å². The number of hydrogen-bond donors (Lipinski definition) is 4. The van der Waals surface area contributed by atoms with E-state index in [0.29, 0.717) is 31.3 Å². The van der Waals surface area contributed by atoms with Crippen LogP contribution in [0.3, 0.4) is 0 Å². The number of carbonyl (C=O) groups excluding carboxylic acids is 1. The fourth-order valence-corrected chi connectivity index (χ4v) is 7.29. The minimum Gasteiger partial charge on any atom is -0.455 e. The van der Waals surface area contributed by atoms with Crippen LogP contribution in [-0.4, -0.2) is 81.3 Å². The molecule has 45 heavy (non-hydrogen) atoms. The van der Waals surface area contributed by atoms with Gasteiger partial charge in [-0.25, -0.2) is 4.79 Å². The van der Waals surface area contributed by atoms with Crippen LogP contribution in [0.5, 0.6) is 0 Å². The first kappa shape index (κ1) is 38.4. The molecular formula is C37H66O8. The van der Waals surface area contributed by atoms with E-state index in [-0.39, 0.29) is 36.5 Å². The predicted molar refractivity (Wildman–Crippen MR) is 177 cm³/mol. The highest BCUT2D eigenvalue weighted by Crippen LogP contribution is 2.31. The average Bonchev–Trinajstić information content (AvgIpc) is 3.77. The summed E-state index contributed by atoms with van der Waals surface area (Å²) in [5.41, 5.74) is 0.600. The monoisotopic (exact) mass is 638 g/mol. The summed E-state index contributed by atoms with van der Waals surface area (Å²) in [5, 5.41) is 42.4. The van der Waals surface area contributed by atoms with Crippen molar-refractivity contribution in [2.45, 2.75) is 216 Å². The van der Waals surface area contributed by atoms with Crippen LogP contribution in [0, 0.1) is 0 Å². The third kappa shape index (κ3) is 14.7. The second kappa shape index (κ2) is 21.8. The molecule has 0 radical (unpaired) electrons. The number of carbonyl (C=O) groups is 1. The van der Waals surface area contributed by atoms with Gasteiger partial charge in [0.25, 0.3) is 0 Å². The Balaban J connectivity index is 1.16. The Bertz CT molecular complexity index is 833. The van der Waals surface area contributed by atoms with Crippen LogP contribution in [0.25, 0.3) is 0 Å². The first-order valence-electron chi connectivity index (χ1n) is 18.7. The highest BCUT2D eigenvalue weighted by molar-refractivity contribution is 5.90. The Morgan fingerprint density at radius 1 is 0.667 bits per heavy atom. The molecule has 8 nitrogen and oxygen atoms in total. The highest BCUT2D eigenvalue weighted by Gasteiger charge is 2.36. The van der Waals surface area contributed by atoms with E-state index in [4.69, 9.17) is 14.2 Å². The standard InChI is InChI=1S/C37H66O8/c1-3-4-5-6-7-8-12-15-18-31(39)35-23-24-36(45-35)33(41)21-20-32(40)34-22-19-30(44-34)17-14-11-9-10-13-16-29(38)26-28-25-27(2)43-37(28)42/h25,27,29-36,38-41H,3-24,26H2,1-2H3/t27-,29+,30+,31+,32-,33-,34-,35-,36-/m1/s1. The van der Waals surface area contributed by atoms with Crippen LogP contribution in [0.15, 0.2) is 11.6 Å². The SMILES string of the molecule is CCCCCCCCCC[C@H](O)[C@H]1CC[C@H]([C@H](O)CC[C@@H](O)[C@H]2CC[C@H](CCCCCCC[C@H](O)CC3=C[C@@H](C)OC3=O)O2)O1. The zero-order chi connectivity index (χ0) is 32.4. The highest BCUT2D eigenvalue weighted by atomic mass is 16.5. The number of aliphatic hydroxyl groups is 4. The van der Waals surface area contributed by atoms with E-state index < -0.39 is 24.4 Å². The van der Waals surface area contributed by atoms with Gasteiger partial charge in [-0.05, 0) is 70.8 Å². The lowest BCUT2D eigenvalue weighted by atomic mass is 9.98. The zero-order valence-electron chi connectivity index (χ0n) is 28.5. The van der Waals surface area contributed by atoms with Gasteiger partial charge in [-0.1, -0.05) is 90.4 Å². The number of ether oxygens (including phenoxy) is 3. The van der Waals surface area contributed by atoms with Crippen LogP contribution >= 0.6 is 0 Å². The Kier molecular flexibility index (Phi) is 18.6. The molecule has 0 aliphatic carbocycles. The topological polar surface area (TPSA) is 126 Å². The van der Waals surface area contributed by atoms with E-state index in [1.807, 2.05) is 6.92 Å². The second-order valence-electron chi connectivity index (χ2n) is 14.2. The molecule has 0 aromatic heterocycles. The van der Waals surface area contributed by atoms with Crippen LogP contribution in [0.1, 0.15) is 162 Å². The van der Waals surface area contributed by atoms with E-state index in [2.05, 4.69) is 6.92 Å². The molecule has 0 saturated carbocycles. The molecule has 0 spiro atoms. The second-order valence-corrected chi connectivity index (χ2v) is 14.2. The molecule has 4 N–H and O–H groups in total. The summed E-state index contributed by atoms with van der Waals surface area (Å²) in [6.07, 6.45) is 21.6. The minimum absolute atomic E-state index is 0.162. The summed E-state index contributed by atoms with van der Waals surface area (Å²) in [4.78, 5) is 11.7. The molecule has 2 saturated heterocycles. The van der Waals surface area contributed by atoms with Crippen molar-refractivity contribution < 1.29 is 39.4 Å². The van der Waals surface area contributed by atoms with Gasteiger partial charge >= 0.3 is 5.97 Å².